The highest BCUT2D eigenvalue weighted by molar-refractivity contribution is 5.83. The van der Waals surface area contributed by atoms with E-state index < -0.39 is 12.0 Å². The van der Waals surface area contributed by atoms with E-state index in [0.717, 1.165) is 26.2 Å². The van der Waals surface area contributed by atoms with E-state index in [0.29, 0.717) is 19.4 Å². The van der Waals surface area contributed by atoms with E-state index in [4.69, 9.17) is 0 Å². The van der Waals surface area contributed by atoms with Crippen LogP contribution in [0.15, 0.2) is 30.3 Å². The van der Waals surface area contributed by atoms with Crippen LogP contribution in [0.1, 0.15) is 26.7 Å². The third kappa shape index (κ3) is 6.38. The monoisotopic (exact) mass is 347 g/mol. The molecule has 1 aromatic carbocycles. The maximum Gasteiger partial charge on any atom is 0.326 e. The minimum Gasteiger partial charge on any atom is -0.480 e. The van der Waals surface area contributed by atoms with Crippen molar-refractivity contribution in [3.8, 4) is 0 Å². The van der Waals surface area contributed by atoms with Gasteiger partial charge in [0.05, 0.1) is 0 Å². The molecule has 0 aromatic heterocycles. The van der Waals surface area contributed by atoms with Gasteiger partial charge in [0.2, 0.25) is 5.91 Å². The first-order valence-corrected chi connectivity index (χ1v) is 9.00. The fourth-order valence-corrected chi connectivity index (χ4v) is 3.09. The summed E-state index contributed by atoms with van der Waals surface area (Å²) in [5.74, 6) is -0.912. The topological polar surface area (TPSA) is 72.9 Å². The van der Waals surface area contributed by atoms with Gasteiger partial charge in [0, 0.05) is 44.8 Å². The lowest BCUT2D eigenvalue weighted by molar-refractivity contribution is -0.142. The molecule has 1 heterocycles. The van der Waals surface area contributed by atoms with Crippen LogP contribution < -0.4 is 10.2 Å². The number of hydrogen-bond acceptors (Lipinski definition) is 4. The van der Waals surface area contributed by atoms with Crippen molar-refractivity contribution >= 4 is 17.6 Å². The molecule has 0 unspecified atom stereocenters. The lowest BCUT2D eigenvalue weighted by Crippen LogP contribution is -2.48. The zero-order valence-corrected chi connectivity index (χ0v) is 15.1. The van der Waals surface area contributed by atoms with Crippen LogP contribution in [0.25, 0.3) is 0 Å². The highest BCUT2D eigenvalue weighted by Crippen LogP contribution is 2.15. The van der Waals surface area contributed by atoms with Crippen molar-refractivity contribution in [2.45, 2.75) is 32.7 Å². The largest absolute Gasteiger partial charge is 0.480 e. The predicted molar refractivity (Wildman–Crippen MR) is 98.7 cm³/mol. The second kappa shape index (κ2) is 9.42. The number of benzene rings is 1. The minimum atomic E-state index is -0.960. The SMILES string of the molecule is CC(C)C[C@@H](NC(=O)CCN1CCN(c2ccccc2)CC1)C(=O)O. The first-order chi connectivity index (χ1) is 12.0. The van der Waals surface area contributed by atoms with Gasteiger partial charge in [-0.25, -0.2) is 4.79 Å². The third-order valence-corrected chi connectivity index (χ3v) is 4.49. The number of para-hydroxylation sites is 1. The van der Waals surface area contributed by atoms with Crippen LogP contribution in [0.2, 0.25) is 0 Å². The zero-order chi connectivity index (χ0) is 18.2. The fraction of sp³-hybridized carbons (Fsp3) is 0.579. The predicted octanol–water partition coefficient (Wildman–Crippen LogP) is 1.81. The number of carboxylic acids is 1. The average molecular weight is 347 g/mol. The van der Waals surface area contributed by atoms with Crippen LogP contribution in [-0.2, 0) is 9.59 Å². The standard InChI is InChI=1S/C19H29N3O3/c1-15(2)14-17(19(24)25)20-18(23)8-9-21-10-12-22(13-11-21)16-6-4-3-5-7-16/h3-7,15,17H,8-14H2,1-2H3,(H,20,23)(H,24,25)/t17-/m1/s1. The maximum atomic E-state index is 12.1. The van der Waals surface area contributed by atoms with Crippen molar-refractivity contribution in [2.24, 2.45) is 5.92 Å². The van der Waals surface area contributed by atoms with Gasteiger partial charge in [-0.2, -0.15) is 0 Å². The molecule has 6 heteroatoms. The van der Waals surface area contributed by atoms with E-state index in [9.17, 15) is 14.7 Å². The van der Waals surface area contributed by atoms with E-state index in [-0.39, 0.29) is 11.8 Å². The molecule has 0 bridgehead atoms. The molecule has 1 atom stereocenters. The van der Waals surface area contributed by atoms with Crippen LogP contribution in [-0.4, -0.2) is 60.6 Å². The summed E-state index contributed by atoms with van der Waals surface area (Å²) < 4.78 is 0. The molecular formula is C19H29N3O3. The molecule has 1 fully saturated rings. The highest BCUT2D eigenvalue weighted by atomic mass is 16.4. The van der Waals surface area contributed by atoms with E-state index >= 15 is 0 Å². The third-order valence-electron chi connectivity index (χ3n) is 4.49. The summed E-state index contributed by atoms with van der Waals surface area (Å²) in [6, 6.07) is 9.54. The molecule has 1 aliphatic heterocycles. The Bertz CT molecular complexity index is 554. The van der Waals surface area contributed by atoms with Gasteiger partial charge in [0.1, 0.15) is 6.04 Å². The van der Waals surface area contributed by atoms with E-state index in [2.05, 4.69) is 27.2 Å². The molecule has 1 saturated heterocycles. The summed E-state index contributed by atoms with van der Waals surface area (Å²) in [6.07, 6.45) is 0.796. The minimum absolute atomic E-state index is 0.182. The maximum absolute atomic E-state index is 12.1. The molecule has 0 aliphatic carbocycles. The number of carbonyl (C=O) groups is 2. The zero-order valence-electron chi connectivity index (χ0n) is 15.1. The molecule has 6 nitrogen and oxygen atoms in total. The van der Waals surface area contributed by atoms with Crippen molar-refractivity contribution in [2.75, 3.05) is 37.6 Å². The van der Waals surface area contributed by atoms with Crippen molar-refractivity contribution in [1.82, 2.24) is 10.2 Å². The number of piperazine rings is 1. The van der Waals surface area contributed by atoms with E-state index in [1.807, 2.05) is 32.0 Å². The number of carbonyl (C=O) groups excluding carboxylic acids is 1. The molecular weight excluding hydrogens is 318 g/mol. The van der Waals surface area contributed by atoms with Crippen LogP contribution in [0.4, 0.5) is 5.69 Å². The van der Waals surface area contributed by atoms with Crippen LogP contribution >= 0.6 is 0 Å². The first kappa shape index (κ1) is 19.2. The van der Waals surface area contributed by atoms with Crippen molar-refractivity contribution < 1.29 is 14.7 Å². The Morgan fingerprint density at radius 2 is 1.76 bits per heavy atom. The molecule has 0 spiro atoms. The lowest BCUT2D eigenvalue weighted by Gasteiger charge is -2.36. The van der Waals surface area contributed by atoms with Crippen LogP contribution in [0.3, 0.4) is 0 Å². The number of carboxylic acid groups (broad SMARTS) is 1. The molecule has 0 saturated carbocycles. The second-order valence-corrected chi connectivity index (χ2v) is 7.00. The summed E-state index contributed by atoms with van der Waals surface area (Å²) in [6.45, 7) is 8.28. The summed E-state index contributed by atoms with van der Waals surface area (Å²) in [7, 11) is 0. The molecule has 1 aromatic rings. The number of amides is 1. The fourth-order valence-electron chi connectivity index (χ4n) is 3.09. The molecule has 0 radical (unpaired) electrons. The van der Waals surface area contributed by atoms with Gasteiger partial charge in [-0.3, -0.25) is 9.69 Å². The van der Waals surface area contributed by atoms with Crippen molar-refractivity contribution in [1.29, 1.82) is 0 Å². The summed E-state index contributed by atoms with van der Waals surface area (Å²) in [5, 5.41) is 11.8. The van der Waals surface area contributed by atoms with Crippen LogP contribution in [0, 0.1) is 5.92 Å². The molecule has 25 heavy (non-hydrogen) atoms. The van der Waals surface area contributed by atoms with Gasteiger partial charge in [-0.05, 0) is 24.5 Å². The van der Waals surface area contributed by atoms with E-state index in [1.54, 1.807) is 0 Å². The van der Waals surface area contributed by atoms with Crippen molar-refractivity contribution in [3.63, 3.8) is 0 Å². The average Bonchev–Trinajstić information content (AvgIpc) is 2.60. The van der Waals surface area contributed by atoms with Gasteiger partial charge in [0.25, 0.3) is 0 Å². The van der Waals surface area contributed by atoms with Gasteiger partial charge in [-0.1, -0.05) is 32.0 Å². The summed E-state index contributed by atoms with van der Waals surface area (Å²) in [5.41, 5.74) is 1.23. The Labute approximate surface area is 149 Å². The number of nitrogens with one attached hydrogen (secondary N) is 1. The molecule has 1 amide bonds. The second-order valence-electron chi connectivity index (χ2n) is 7.00. The Kier molecular flexibility index (Phi) is 7.25. The Balaban J connectivity index is 1.71. The van der Waals surface area contributed by atoms with Gasteiger partial charge < -0.3 is 15.3 Å². The highest BCUT2D eigenvalue weighted by Gasteiger charge is 2.22. The molecule has 2 N–H and O–H groups in total. The number of anilines is 1. The quantitative estimate of drug-likeness (QED) is 0.750. The van der Waals surface area contributed by atoms with E-state index in [1.165, 1.54) is 5.69 Å². The summed E-state index contributed by atoms with van der Waals surface area (Å²) >= 11 is 0. The number of rotatable bonds is 8. The Morgan fingerprint density at radius 3 is 2.32 bits per heavy atom. The van der Waals surface area contributed by atoms with Crippen LogP contribution in [0.5, 0.6) is 0 Å². The smallest absolute Gasteiger partial charge is 0.326 e. The lowest BCUT2D eigenvalue weighted by atomic mass is 10.0. The number of aliphatic carboxylic acids is 1. The van der Waals surface area contributed by atoms with Crippen molar-refractivity contribution in [3.05, 3.63) is 30.3 Å². The summed E-state index contributed by atoms with van der Waals surface area (Å²) in [4.78, 5) is 27.9. The van der Waals surface area contributed by atoms with Gasteiger partial charge in [0.15, 0.2) is 0 Å². The molecule has 1 aliphatic rings. The molecule has 138 valence electrons. The number of nitrogens with zero attached hydrogens (tertiary/aromatic N) is 2. The molecule has 2 rings (SSSR count). The first-order valence-electron chi connectivity index (χ1n) is 9.00. The number of hydrogen-bond donors (Lipinski definition) is 2. The Morgan fingerprint density at radius 1 is 1.12 bits per heavy atom. The Hall–Kier alpha value is -2.08. The van der Waals surface area contributed by atoms with Gasteiger partial charge >= 0.3 is 5.97 Å². The normalized spacial score (nSPS) is 16.7. The van der Waals surface area contributed by atoms with Gasteiger partial charge in [-0.15, -0.1) is 0 Å².